The maximum absolute atomic E-state index is 13.8. The maximum atomic E-state index is 13.8. The summed E-state index contributed by atoms with van der Waals surface area (Å²) in [4.78, 5) is 75.7. The Morgan fingerprint density at radius 1 is 0.729 bits per heavy atom. The van der Waals surface area contributed by atoms with Crippen molar-refractivity contribution in [1.29, 1.82) is 0 Å². The van der Waals surface area contributed by atoms with Crippen LogP contribution in [0.1, 0.15) is 127 Å². The smallest absolute Gasteiger partial charge is 0.407 e. The van der Waals surface area contributed by atoms with Crippen molar-refractivity contribution in [2.24, 2.45) is 11.8 Å². The SMILES string of the molecule is COC(=O)N[C@H](C(=O)N1CCC[C@H]1c1nc(-c2ccc([C@@H]3CSC[C@H](c4ccc(-c5c[nH]c([C@@H]6CCCN6C(=O)[C@H](C(C)C)N(C)C(=O)O)n5)cc4)N3c3ccc(C(C)(C)C)cc3)cc2)c[nH]1)C(C)C. The first kappa shape index (κ1) is 50.1. The highest BCUT2D eigenvalue weighted by molar-refractivity contribution is 7.99. The van der Waals surface area contributed by atoms with Gasteiger partial charge in [0.25, 0.3) is 0 Å². The third-order valence-electron chi connectivity index (χ3n) is 14.3. The van der Waals surface area contributed by atoms with Crippen molar-refractivity contribution in [3.05, 3.63) is 114 Å². The van der Waals surface area contributed by atoms with Gasteiger partial charge in [0.1, 0.15) is 23.7 Å². The van der Waals surface area contributed by atoms with Gasteiger partial charge < -0.3 is 39.8 Å². The third kappa shape index (κ3) is 10.4. The molecule has 6 atom stereocenters. The van der Waals surface area contributed by atoms with Crippen LogP contribution in [-0.4, -0.2) is 115 Å². The van der Waals surface area contributed by atoms with Gasteiger partial charge in [0, 0.05) is 60.9 Å². The Kier molecular flexibility index (Phi) is 15.0. The number of likely N-dealkylation sites (tertiary alicyclic amines) is 2. The molecule has 0 aliphatic carbocycles. The molecule has 3 aliphatic heterocycles. The van der Waals surface area contributed by atoms with Gasteiger partial charge in [0.2, 0.25) is 11.8 Å². The minimum absolute atomic E-state index is 0.0158. The molecule has 372 valence electrons. The van der Waals surface area contributed by atoms with E-state index < -0.39 is 24.3 Å². The molecule has 16 heteroatoms. The zero-order chi connectivity index (χ0) is 50.0. The number of carboxylic acid groups (broad SMARTS) is 1. The number of alkyl carbamates (subject to hydrolysis) is 1. The van der Waals surface area contributed by atoms with Crippen LogP contribution in [-0.2, 0) is 19.7 Å². The fraction of sp³-hybridized carbons (Fsp3) is 0.481. The first-order chi connectivity index (χ1) is 33.4. The molecule has 4 N–H and O–H groups in total. The topological polar surface area (TPSA) is 180 Å². The number of aromatic amines is 2. The Morgan fingerprint density at radius 2 is 1.21 bits per heavy atom. The van der Waals surface area contributed by atoms with E-state index in [2.05, 4.69) is 114 Å². The second-order valence-electron chi connectivity index (χ2n) is 20.7. The molecular formula is C54H69N9O6S. The number of ether oxygens (including phenoxy) is 1. The lowest BCUT2D eigenvalue weighted by Gasteiger charge is -2.44. The van der Waals surface area contributed by atoms with Gasteiger partial charge in [0.05, 0.1) is 42.7 Å². The summed E-state index contributed by atoms with van der Waals surface area (Å²) in [6, 6.07) is 24.7. The Morgan fingerprint density at radius 3 is 1.64 bits per heavy atom. The fourth-order valence-corrected chi connectivity index (χ4v) is 11.7. The predicted molar refractivity (Wildman–Crippen MR) is 274 cm³/mol. The number of likely N-dealkylation sites (N-methyl/N-ethyl adjacent to an activating group) is 1. The average Bonchev–Trinajstić information content (AvgIpc) is 4.20. The molecule has 0 radical (unpaired) electrons. The van der Waals surface area contributed by atoms with Gasteiger partial charge in [-0.3, -0.25) is 14.5 Å². The number of nitrogens with one attached hydrogen (secondary N) is 3. The number of nitrogens with zero attached hydrogens (tertiary/aromatic N) is 6. The standard InChI is InChI=1S/C54H69N9O6S/c1-32(2)46(59-52(66)69-9)50(64)61-26-10-12-42(61)48-55-28-40(57-48)34-14-18-36(19-15-34)44-30-70-31-45(63(44)39-24-22-38(23-25-39)54(5,6)7)37-20-16-35(17-21-37)41-29-56-49(58-41)43-13-11-27-62(43)51(65)47(33(3)4)60(8)53(67)68/h14-25,28-29,32-33,42-47H,10-13,26-27,30-31H2,1-9H3,(H,55,57)(H,56,58)(H,59,66)(H,67,68)/t42-,43-,44-,45+,46-,47-/m0/s1. The van der Waals surface area contributed by atoms with Crippen LogP contribution < -0.4 is 10.2 Å². The van der Waals surface area contributed by atoms with E-state index in [0.29, 0.717) is 18.9 Å². The van der Waals surface area contributed by atoms with E-state index in [1.165, 1.54) is 30.8 Å². The summed E-state index contributed by atoms with van der Waals surface area (Å²) in [5.41, 5.74) is 8.40. The van der Waals surface area contributed by atoms with Crippen LogP contribution in [0, 0.1) is 11.8 Å². The number of hydrogen-bond donors (Lipinski definition) is 4. The number of thioether (sulfide) groups is 1. The monoisotopic (exact) mass is 972 g/mol. The van der Waals surface area contributed by atoms with Crippen LogP contribution in [0.4, 0.5) is 15.3 Å². The fourth-order valence-electron chi connectivity index (χ4n) is 10.4. The Labute approximate surface area is 416 Å². The summed E-state index contributed by atoms with van der Waals surface area (Å²) in [5, 5.41) is 12.5. The molecule has 0 unspecified atom stereocenters. The lowest BCUT2D eigenvalue weighted by Crippen LogP contribution is -2.51. The average molecular weight is 972 g/mol. The van der Waals surface area contributed by atoms with E-state index in [0.717, 1.165) is 76.1 Å². The van der Waals surface area contributed by atoms with Crippen molar-refractivity contribution in [3.8, 4) is 22.5 Å². The van der Waals surface area contributed by atoms with E-state index >= 15 is 0 Å². The Bertz CT molecular complexity index is 2620. The number of H-pyrrole nitrogens is 2. The number of carbonyl (C=O) groups is 4. The third-order valence-corrected chi connectivity index (χ3v) is 15.4. The number of aromatic nitrogens is 4. The predicted octanol–water partition coefficient (Wildman–Crippen LogP) is 10.1. The lowest BCUT2D eigenvalue weighted by molar-refractivity contribution is -0.138. The van der Waals surface area contributed by atoms with E-state index in [9.17, 15) is 24.3 Å². The highest BCUT2D eigenvalue weighted by Gasteiger charge is 2.41. The summed E-state index contributed by atoms with van der Waals surface area (Å²) < 4.78 is 4.81. The van der Waals surface area contributed by atoms with Crippen LogP contribution in [0.2, 0.25) is 0 Å². The van der Waals surface area contributed by atoms with Crippen molar-refractivity contribution < 1.29 is 29.0 Å². The zero-order valence-corrected chi connectivity index (χ0v) is 42.8. The summed E-state index contributed by atoms with van der Waals surface area (Å²) in [6.07, 6.45) is 5.26. The van der Waals surface area contributed by atoms with Crippen LogP contribution in [0.3, 0.4) is 0 Å². The van der Waals surface area contributed by atoms with E-state index in [1.807, 2.05) is 56.8 Å². The summed E-state index contributed by atoms with van der Waals surface area (Å²) in [5.74, 6) is 2.64. The first-order valence-electron chi connectivity index (χ1n) is 24.6. The zero-order valence-electron chi connectivity index (χ0n) is 41.9. The van der Waals surface area contributed by atoms with Gasteiger partial charge >= 0.3 is 12.2 Å². The number of benzene rings is 3. The molecule has 15 nitrogen and oxygen atoms in total. The molecular weight excluding hydrogens is 903 g/mol. The quantitative estimate of drug-likeness (QED) is 0.0887. The summed E-state index contributed by atoms with van der Waals surface area (Å²) in [6.45, 7) is 15.4. The molecule has 2 aromatic heterocycles. The van der Waals surface area contributed by atoms with Crippen molar-refractivity contribution >= 4 is 41.5 Å². The second-order valence-corrected chi connectivity index (χ2v) is 21.8. The van der Waals surface area contributed by atoms with Crippen LogP contribution >= 0.6 is 11.8 Å². The molecule has 3 saturated heterocycles. The van der Waals surface area contributed by atoms with Crippen molar-refractivity contribution in [2.75, 3.05) is 43.7 Å². The van der Waals surface area contributed by atoms with Crippen LogP contribution in [0.5, 0.6) is 0 Å². The summed E-state index contributed by atoms with van der Waals surface area (Å²) >= 11 is 1.96. The minimum atomic E-state index is -1.12. The van der Waals surface area contributed by atoms with Gasteiger partial charge in [-0.05, 0) is 71.8 Å². The molecule has 8 rings (SSSR count). The van der Waals surface area contributed by atoms with Crippen LogP contribution in [0.15, 0.2) is 85.2 Å². The minimum Gasteiger partial charge on any atom is -0.465 e. The molecule has 70 heavy (non-hydrogen) atoms. The molecule has 4 amide bonds. The molecule has 0 saturated carbocycles. The Balaban J connectivity index is 1.02. The van der Waals surface area contributed by atoms with Crippen molar-refractivity contribution in [2.45, 2.75) is 116 Å². The van der Waals surface area contributed by atoms with Gasteiger partial charge in [-0.15, -0.1) is 0 Å². The molecule has 5 heterocycles. The first-order valence-corrected chi connectivity index (χ1v) is 25.8. The van der Waals surface area contributed by atoms with E-state index in [4.69, 9.17) is 14.7 Å². The highest BCUT2D eigenvalue weighted by Crippen LogP contribution is 2.45. The van der Waals surface area contributed by atoms with Gasteiger partial charge in [0.15, 0.2) is 0 Å². The maximum Gasteiger partial charge on any atom is 0.407 e. The molecule has 3 aromatic carbocycles. The second kappa shape index (κ2) is 21.0. The van der Waals surface area contributed by atoms with E-state index in [-0.39, 0.29) is 53.2 Å². The number of amides is 4. The lowest BCUT2D eigenvalue weighted by atomic mass is 9.87. The van der Waals surface area contributed by atoms with Gasteiger partial charge in [-0.2, -0.15) is 11.8 Å². The normalized spacial score (nSPS) is 20.5. The van der Waals surface area contributed by atoms with Crippen molar-refractivity contribution in [1.82, 2.24) is 40.0 Å². The highest BCUT2D eigenvalue weighted by atomic mass is 32.2. The molecule has 0 bridgehead atoms. The number of carbonyl (C=O) groups excluding carboxylic acids is 3. The number of imidazole rings is 2. The number of methoxy groups -OCH3 is 1. The Hall–Kier alpha value is -6.29. The molecule has 3 fully saturated rings. The van der Waals surface area contributed by atoms with Crippen molar-refractivity contribution in [3.63, 3.8) is 0 Å². The molecule has 3 aliphatic rings. The number of hydrogen-bond acceptors (Lipinski definition) is 9. The largest absolute Gasteiger partial charge is 0.465 e. The number of anilines is 1. The number of rotatable bonds is 13. The molecule has 0 spiro atoms. The van der Waals surface area contributed by atoms with E-state index in [1.54, 1.807) is 4.90 Å². The molecule has 5 aromatic rings. The summed E-state index contributed by atoms with van der Waals surface area (Å²) in [7, 11) is 2.76. The van der Waals surface area contributed by atoms with Gasteiger partial charge in [-0.1, -0.05) is 109 Å². The van der Waals surface area contributed by atoms with Gasteiger partial charge in [-0.25, -0.2) is 19.6 Å². The van der Waals surface area contributed by atoms with Crippen LogP contribution in [0.25, 0.3) is 22.5 Å².